The van der Waals surface area contributed by atoms with Gasteiger partial charge in [0, 0.05) is 45.3 Å². The van der Waals surface area contributed by atoms with Gasteiger partial charge in [0.1, 0.15) is 0 Å². The average molecular weight is 389 g/mol. The molecule has 2 N–H and O–H groups in total. The number of carbonyl (C=O) groups is 2. The van der Waals surface area contributed by atoms with E-state index in [9.17, 15) is 9.59 Å². The number of anilines is 2. The topological polar surface area (TPSA) is 73.9 Å². The molecule has 2 amide bonds. The fourth-order valence-electron chi connectivity index (χ4n) is 3.83. The fourth-order valence-corrected chi connectivity index (χ4v) is 3.83. The normalized spacial score (nSPS) is 18.0. The molecule has 0 aliphatic carbocycles. The minimum absolute atomic E-state index is 0.0445. The zero-order chi connectivity index (χ0) is 19.8. The summed E-state index contributed by atoms with van der Waals surface area (Å²) < 4.78 is 5.36. The van der Waals surface area contributed by atoms with Crippen molar-refractivity contribution in [3.05, 3.63) is 23.8 Å². The Balaban J connectivity index is 1.61. The van der Waals surface area contributed by atoms with E-state index in [-0.39, 0.29) is 11.8 Å². The van der Waals surface area contributed by atoms with Gasteiger partial charge in [0.05, 0.1) is 24.5 Å². The van der Waals surface area contributed by atoms with E-state index in [0.717, 1.165) is 76.6 Å². The predicted octanol–water partition coefficient (Wildman–Crippen LogP) is 2.09. The van der Waals surface area contributed by atoms with Crippen LogP contribution in [0.15, 0.2) is 18.2 Å². The van der Waals surface area contributed by atoms with Crippen LogP contribution >= 0.6 is 0 Å². The number of benzene rings is 1. The van der Waals surface area contributed by atoms with Gasteiger partial charge in [-0.25, -0.2) is 0 Å². The van der Waals surface area contributed by atoms with Crippen LogP contribution in [0.2, 0.25) is 0 Å². The lowest BCUT2D eigenvalue weighted by molar-refractivity contribution is -0.114. The van der Waals surface area contributed by atoms with Gasteiger partial charge in [-0.1, -0.05) is 0 Å². The first-order chi connectivity index (χ1) is 13.6. The van der Waals surface area contributed by atoms with Crippen molar-refractivity contribution in [2.75, 3.05) is 62.7 Å². The molecule has 0 bridgehead atoms. The molecule has 2 saturated heterocycles. The first kappa shape index (κ1) is 20.6. The molecule has 7 nitrogen and oxygen atoms in total. The lowest BCUT2D eigenvalue weighted by Crippen LogP contribution is -2.38. The maximum atomic E-state index is 12.8. The van der Waals surface area contributed by atoms with Crippen LogP contribution in [0.3, 0.4) is 0 Å². The Labute approximate surface area is 167 Å². The molecule has 2 fully saturated rings. The molecule has 1 aromatic rings. The largest absolute Gasteiger partial charge is 0.379 e. The smallest absolute Gasteiger partial charge is 0.253 e. The Hall–Kier alpha value is -2.12. The summed E-state index contributed by atoms with van der Waals surface area (Å²) in [5, 5.41) is 5.89. The molecule has 0 atom stereocenters. The molecule has 0 aromatic heterocycles. The van der Waals surface area contributed by atoms with Gasteiger partial charge in [-0.05, 0) is 50.4 Å². The van der Waals surface area contributed by atoms with Gasteiger partial charge in [-0.15, -0.1) is 0 Å². The number of nitrogens with one attached hydrogen (secondary N) is 2. The van der Waals surface area contributed by atoms with Crippen molar-refractivity contribution in [2.45, 2.75) is 32.6 Å². The summed E-state index contributed by atoms with van der Waals surface area (Å²) in [6.07, 6.45) is 4.41. The number of ether oxygens (including phenoxy) is 1. The summed E-state index contributed by atoms with van der Waals surface area (Å²) in [7, 11) is 0. The molecular weight excluding hydrogens is 356 g/mol. The van der Waals surface area contributed by atoms with E-state index in [0.29, 0.717) is 12.1 Å². The van der Waals surface area contributed by atoms with Gasteiger partial charge in [0.2, 0.25) is 5.91 Å². The average Bonchev–Trinajstić information content (AvgIpc) is 2.72. The molecular formula is C21H32N4O3. The fraction of sp³-hybridized carbons (Fsp3) is 0.619. The van der Waals surface area contributed by atoms with Gasteiger partial charge in [0.15, 0.2) is 0 Å². The first-order valence-corrected chi connectivity index (χ1v) is 10.4. The molecule has 2 heterocycles. The van der Waals surface area contributed by atoms with E-state index in [2.05, 4.69) is 20.4 Å². The predicted molar refractivity (Wildman–Crippen MR) is 111 cm³/mol. The highest BCUT2D eigenvalue weighted by Crippen LogP contribution is 2.28. The van der Waals surface area contributed by atoms with E-state index in [1.165, 1.54) is 13.3 Å². The zero-order valence-corrected chi connectivity index (χ0v) is 16.8. The highest BCUT2D eigenvalue weighted by Gasteiger charge is 2.19. The van der Waals surface area contributed by atoms with Gasteiger partial charge < -0.3 is 20.3 Å². The van der Waals surface area contributed by atoms with Crippen LogP contribution in [0.5, 0.6) is 0 Å². The first-order valence-electron chi connectivity index (χ1n) is 10.4. The second kappa shape index (κ2) is 10.4. The van der Waals surface area contributed by atoms with Crippen LogP contribution < -0.4 is 15.5 Å². The van der Waals surface area contributed by atoms with Crippen LogP contribution in [0.1, 0.15) is 43.0 Å². The van der Waals surface area contributed by atoms with Gasteiger partial charge >= 0.3 is 0 Å². The van der Waals surface area contributed by atoms with Gasteiger partial charge in [-0.3, -0.25) is 14.5 Å². The quantitative estimate of drug-likeness (QED) is 0.700. The van der Waals surface area contributed by atoms with Crippen molar-refractivity contribution < 1.29 is 14.3 Å². The summed E-state index contributed by atoms with van der Waals surface area (Å²) in [6, 6.07) is 5.55. The highest BCUT2D eigenvalue weighted by molar-refractivity contribution is 6.01. The number of rotatable bonds is 7. The SMILES string of the molecule is CC(=O)Nc1ccc(C(=O)NCCCN2CCOCC2)c(N2CCCCC2)c1. The van der Waals surface area contributed by atoms with Crippen molar-refractivity contribution in [3.8, 4) is 0 Å². The van der Waals surface area contributed by atoms with Crippen molar-refractivity contribution in [1.29, 1.82) is 0 Å². The van der Waals surface area contributed by atoms with Crippen molar-refractivity contribution in [3.63, 3.8) is 0 Å². The number of carbonyl (C=O) groups excluding carboxylic acids is 2. The molecule has 1 aromatic carbocycles. The summed E-state index contributed by atoms with van der Waals surface area (Å²) >= 11 is 0. The Morgan fingerprint density at radius 3 is 2.54 bits per heavy atom. The summed E-state index contributed by atoms with van der Waals surface area (Å²) in [6.45, 7) is 8.55. The van der Waals surface area contributed by atoms with Gasteiger partial charge in [-0.2, -0.15) is 0 Å². The van der Waals surface area contributed by atoms with Crippen LogP contribution in [-0.4, -0.2) is 69.2 Å². The Morgan fingerprint density at radius 1 is 1.07 bits per heavy atom. The highest BCUT2D eigenvalue weighted by atomic mass is 16.5. The minimum atomic E-state index is -0.107. The van der Waals surface area contributed by atoms with Crippen LogP contribution in [0, 0.1) is 0 Å². The van der Waals surface area contributed by atoms with Crippen molar-refractivity contribution in [1.82, 2.24) is 10.2 Å². The number of amides is 2. The Kier molecular flexibility index (Phi) is 7.68. The van der Waals surface area contributed by atoms with Crippen molar-refractivity contribution >= 4 is 23.2 Å². The van der Waals surface area contributed by atoms with E-state index in [4.69, 9.17) is 4.74 Å². The Bertz CT molecular complexity index is 668. The number of morpholine rings is 1. The molecule has 0 spiro atoms. The number of hydrogen-bond acceptors (Lipinski definition) is 5. The third-order valence-electron chi connectivity index (χ3n) is 5.30. The number of piperidine rings is 1. The molecule has 2 aliphatic rings. The van der Waals surface area contributed by atoms with Crippen LogP contribution in [0.4, 0.5) is 11.4 Å². The summed E-state index contributed by atoms with van der Waals surface area (Å²) in [5.74, 6) is -0.151. The summed E-state index contributed by atoms with van der Waals surface area (Å²) in [4.78, 5) is 28.9. The molecule has 3 rings (SSSR count). The van der Waals surface area contributed by atoms with E-state index in [1.807, 2.05) is 12.1 Å². The molecule has 7 heteroatoms. The third-order valence-corrected chi connectivity index (χ3v) is 5.30. The van der Waals surface area contributed by atoms with Crippen molar-refractivity contribution in [2.24, 2.45) is 0 Å². The molecule has 0 radical (unpaired) electrons. The lowest BCUT2D eigenvalue weighted by atomic mass is 10.1. The Morgan fingerprint density at radius 2 is 1.82 bits per heavy atom. The standard InChI is InChI=1S/C21H32N4O3/c1-17(26)23-18-6-7-19(20(16-18)25-10-3-2-4-11-25)21(27)22-8-5-9-24-12-14-28-15-13-24/h6-7,16H,2-5,8-15H2,1H3,(H,22,27)(H,23,26). The molecule has 0 unspecified atom stereocenters. The number of hydrogen-bond donors (Lipinski definition) is 2. The molecule has 2 aliphatic heterocycles. The minimum Gasteiger partial charge on any atom is -0.379 e. The molecule has 28 heavy (non-hydrogen) atoms. The summed E-state index contributed by atoms with van der Waals surface area (Å²) in [5.41, 5.74) is 2.33. The third kappa shape index (κ3) is 5.94. The van der Waals surface area contributed by atoms with Crippen LogP contribution in [-0.2, 0) is 9.53 Å². The molecule has 154 valence electrons. The second-order valence-corrected chi connectivity index (χ2v) is 7.52. The van der Waals surface area contributed by atoms with E-state index in [1.54, 1.807) is 6.07 Å². The lowest BCUT2D eigenvalue weighted by Gasteiger charge is -2.31. The maximum Gasteiger partial charge on any atom is 0.253 e. The molecule has 0 saturated carbocycles. The van der Waals surface area contributed by atoms with E-state index < -0.39 is 0 Å². The maximum absolute atomic E-state index is 12.8. The van der Waals surface area contributed by atoms with Gasteiger partial charge in [0.25, 0.3) is 5.91 Å². The second-order valence-electron chi connectivity index (χ2n) is 7.52. The monoisotopic (exact) mass is 388 g/mol. The van der Waals surface area contributed by atoms with E-state index >= 15 is 0 Å². The van der Waals surface area contributed by atoms with Crippen LogP contribution in [0.25, 0.3) is 0 Å². The zero-order valence-electron chi connectivity index (χ0n) is 16.8. The number of nitrogens with zero attached hydrogens (tertiary/aromatic N) is 2.